The van der Waals surface area contributed by atoms with E-state index < -0.39 is 0 Å². The normalized spacial score (nSPS) is 10.5. The van der Waals surface area contributed by atoms with Crippen LogP contribution in [0.25, 0.3) is 26.3 Å². The number of hydrogen-bond acceptors (Lipinski definition) is 3. The predicted octanol–water partition coefficient (Wildman–Crippen LogP) is 6.47. The maximum atomic E-state index is 6.10. The fourth-order valence-corrected chi connectivity index (χ4v) is 4.83. The van der Waals surface area contributed by atoms with E-state index >= 15 is 0 Å². The molecule has 28 heavy (non-hydrogen) atoms. The smallest absolute Gasteiger partial charge is 0.147 e. The van der Waals surface area contributed by atoms with Crippen LogP contribution >= 0.6 is 39.9 Å². The number of pyridine rings is 2. The van der Waals surface area contributed by atoms with E-state index in [0.29, 0.717) is 5.15 Å². The molecule has 3 N–H and O–H groups in total. The molecule has 4 aromatic rings. The zero-order valence-electron chi connectivity index (χ0n) is 15.0. The Kier molecular flexibility index (Phi) is 7.63. The van der Waals surface area contributed by atoms with Crippen LogP contribution in [-0.2, 0) is 15.0 Å². The van der Waals surface area contributed by atoms with Crippen molar-refractivity contribution in [3.63, 3.8) is 0 Å². The Bertz CT molecular complexity index is 1160. The predicted molar refractivity (Wildman–Crippen MR) is 122 cm³/mol. The number of nitrogens with zero attached hydrogens (tertiary/aromatic N) is 2. The Balaban J connectivity index is 0.00000140. The third kappa shape index (κ3) is 4.41. The number of benzene rings is 2. The fraction of sp³-hybridized carbons (Fsp3) is 0.0476. The third-order valence-electron chi connectivity index (χ3n) is 4.08. The van der Waals surface area contributed by atoms with Crippen molar-refractivity contribution in [2.24, 2.45) is 0 Å². The molecule has 0 saturated heterocycles. The van der Waals surface area contributed by atoms with Crippen molar-refractivity contribution < 1.29 is 15.0 Å². The Morgan fingerprint density at radius 2 is 1.57 bits per heavy atom. The second-order valence-electron chi connectivity index (χ2n) is 5.88. The van der Waals surface area contributed by atoms with Gasteiger partial charge < -0.3 is 6.15 Å². The average molecular weight is 519 g/mol. The first-order valence-electron chi connectivity index (χ1n) is 7.96. The van der Waals surface area contributed by atoms with E-state index in [4.69, 9.17) is 16.6 Å². The molecule has 0 bridgehead atoms. The number of fused-ring (bicyclic) bond motifs is 3. The molecule has 0 amide bonds. The van der Waals surface area contributed by atoms with Crippen LogP contribution in [-0.4, -0.2) is 9.97 Å². The molecule has 0 saturated carbocycles. The summed E-state index contributed by atoms with van der Waals surface area (Å²) in [5.41, 5.74) is 3.79. The van der Waals surface area contributed by atoms with Gasteiger partial charge in [0.25, 0.3) is 0 Å². The molecule has 146 valence electrons. The van der Waals surface area contributed by atoms with Crippen LogP contribution in [0.15, 0.2) is 65.6 Å². The molecule has 2 aromatic carbocycles. The molecule has 0 fully saturated rings. The Morgan fingerprint density at radius 3 is 2.25 bits per heavy atom. The molecule has 3 nitrogen and oxygen atoms in total. The topological polar surface area (TPSA) is 60.8 Å². The van der Waals surface area contributed by atoms with Gasteiger partial charge in [-0.2, -0.15) is 0 Å². The first kappa shape index (κ1) is 22.8. The molecule has 2 heterocycles. The van der Waals surface area contributed by atoms with Gasteiger partial charge in [0.2, 0.25) is 0 Å². The van der Waals surface area contributed by atoms with E-state index in [1.807, 2.05) is 24.3 Å². The summed E-state index contributed by atoms with van der Waals surface area (Å²) in [6.45, 7) is 6.39. The second kappa shape index (κ2) is 9.36. The molecule has 0 spiro atoms. The van der Waals surface area contributed by atoms with Gasteiger partial charge in [-0.05, 0) is 0 Å². The molecule has 7 heteroatoms. The van der Waals surface area contributed by atoms with Gasteiger partial charge in [-0.1, -0.05) is 0 Å². The molecular formula is C21H18BrCl2FeN3. The maximum Gasteiger partial charge on any atom is -0.147 e. The van der Waals surface area contributed by atoms with Crippen molar-refractivity contribution in [3.8, 4) is 0 Å². The number of halogens is 3. The Labute approximate surface area is 189 Å². The third-order valence-corrected chi connectivity index (χ3v) is 6.92. The molecule has 0 unspecified atom stereocenters. The van der Waals surface area contributed by atoms with E-state index in [2.05, 4.69) is 58.7 Å². The first-order valence-corrected chi connectivity index (χ1v) is 10.2. The monoisotopic (exact) mass is 517 g/mol. The van der Waals surface area contributed by atoms with Crippen LogP contribution in [0, 0.1) is 6.92 Å². The van der Waals surface area contributed by atoms with Crippen LogP contribution in [0.3, 0.4) is 0 Å². The van der Waals surface area contributed by atoms with Gasteiger partial charge in [0.15, 0.2) is 0 Å². The average Bonchev–Trinajstić information content (AvgIpc) is 2.64. The van der Waals surface area contributed by atoms with Crippen molar-refractivity contribution in [2.75, 3.05) is 0 Å². The maximum absolute atomic E-state index is 6.10. The molecule has 0 radical (unpaired) electrons. The molecule has 0 atom stereocenters. The summed E-state index contributed by atoms with van der Waals surface area (Å²) in [6.07, 6.45) is 0. The van der Waals surface area contributed by atoms with Crippen molar-refractivity contribution in [3.05, 3.63) is 82.1 Å². The fourth-order valence-electron chi connectivity index (χ4n) is 2.76. The van der Waals surface area contributed by atoms with E-state index in [1.165, 1.54) is 10.0 Å². The Hall–Kier alpha value is -1.46. The van der Waals surface area contributed by atoms with E-state index in [0.717, 1.165) is 51.4 Å². The minimum atomic E-state index is 0. The second-order valence-corrected chi connectivity index (χ2v) is 8.61. The minimum Gasteiger partial charge on any atom is -0.344 e. The quantitative estimate of drug-likeness (QED) is 0.192. The minimum absolute atomic E-state index is 0. The first-order chi connectivity index (χ1) is 12.5. The van der Waals surface area contributed by atoms with Gasteiger partial charge in [0, 0.05) is 0 Å². The van der Waals surface area contributed by atoms with Crippen molar-refractivity contribution >= 4 is 70.7 Å². The van der Waals surface area contributed by atoms with Crippen LogP contribution < -0.4 is 10.6 Å². The van der Waals surface area contributed by atoms with Crippen LogP contribution in [0.4, 0.5) is 0 Å². The SMILES string of the molecule is C=[C]([Fe][c]1c(C)cccc1Br)c1ccc2ccc3ccc(Cl)nc3c2n1.Cl.N. The number of hydrogen-bond donors (Lipinski definition) is 1. The van der Waals surface area contributed by atoms with E-state index in [-0.39, 0.29) is 18.6 Å². The summed E-state index contributed by atoms with van der Waals surface area (Å²) >= 11 is 10.5. The van der Waals surface area contributed by atoms with Crippen molar-refractivity contribution in [2.45, 2.75) is 6.92 Å². The van der Waals surface area contributed by atoms with Crippen LogP contribution in [0.5, 0.6) is 0 Å². The summed E-state index contributed by atoms with van der Waals surface area (Å²) in [6, 6.07) is 18.2. The summed E-state index contributed by atoms with van der Waals surface area (Å²) in [4.78, 5) is 9.35. The van der Waals surface area contributed by atoms with Gasteiger partial charge >= 0.3 is 172 Å². The van der Waals surface area contributed by atoms with E-state index in [1.54, 1.807) is 6.07 Å². The number of aryl methyl sites for hydroxylation is 1. The molecule has 0 aliphatic rings. The number of aromatic nitrogens is 2. The van der Waals surface area contributed by atoms with Gasteiger partial charge in [-0.3, -0.25) is 0 Å². The zero-order chi connectivity index (χ0) is 18.3. The summed E-state index contributed by atoms with van der Waals surface area (Å²) in [7, 11) is 0. The van der Waals surface area contributed by atoms with Crippen LogP contribution in [0.1, 0.15) is 11.3 Å². The standard InChI is InChI=1S/C14H8ClN2.C7H6Br.ClH.Fe.H3N/c1-2-11-7-5-9-3-4-10-6-8-12(15)17-14(10)13(9)16-11;1-6-3-2-4-7(8)5-6;;;/h3-8H,1H2;2-4H,1H3;1H;;1H3. The van der Waals surface area contributed by atoms with Gasteiger partial charge in [0.1, 0.15) is 0 Å². The zero-order valence-corrected chi connectivity index (χ0v) is 19.3. The largest absolute Gasteiger partial charge is 0.344 e. The molecule has 2 aromatic heterocycles. The van der Waals surface area contributed by atoms with Crippen molar-refractivity contribution in [1.29, 1.82) is 0 Å². The molecule has 4 rings (SSSR count). The van der Waals surface area contributed by atoms with Crippen LogP contribution in [0.2, 0.25) is 5.15 Å². The summed E-state index contributed by atoms with van der Waals surface area (Å²) in [5.74, 6) is 0. The summed E-state index contributed by atoms with van der Waals surface area (Å²) < 4.78 is 3.30. The van der Waals surface area contributed by atoms with E-state index in [9.17, 15) is 0 Å². The van der Waals surface area contributed by atoms with Gasteiger partial charge in [-0.25, -0.2) is 0 Å². The molecular weight excluding hydrogens is 501 g/mol. The molecule has 0 aliphatic carbocycles. The number of rotatable bonds is 3. The van der Waals surface area contributed by atoms with Gasteiger partial charge in [-0.15, -0.1) is 12.4 Å². The Morgan fingerprint density at radius 1 is 0.964 bits per heavy atom. The summed E-state index contributed by atoms with van der Waals surface area (Å²) in [5, 5.41) is 2.54. The molecule has 0 aliphatic heterocycles. The van der Waals surface area contributed by atoms with Crippen molar-refractivity contribution in [1.82, 2.24) is 16.1 Å². The van der Waals surface area contributed by atoms with Gasteiger partial charge in [0.05, 0.1) is 0 Å².